The van der Waals surface area contributed by atoms with Gasteiger partial charge in [-0.15, -0.1) is 0 Å². The van der Waals surface area contributed by atoms with Crippen molar-refractivity contribution >= 4 is 5.91 Å². The van der Waals surface area contributed by atoms with Crippen LogP contribution in [0.4, 0.5) is 0 Å². The summed E-state index contributed by atoms with van der Waals surface area (Å²) in [6.07, 6.45) is 4.75. The summed E-state index contributed by atoms with van der Waals surface area (Å²) < 4.78 is 17.1. The predicted molar refractivity (Wildman–Crippen MR) is 120 cm³/mol. The van der Waals surface area contributed by atoms with Crippen molar-refractivity contribution in [1.29, 1.82) is 0 Å². The Morgan fingerprint density at radius 3 is 2.82 bits per heavy atom. The molecular weight excluding hydrogens is 436 g/mol. The van der Waals surface area contributed by atoms with Crippen LogP contribution in [0, 0.1) is 6.92 Å². The van der Waals surface area contributed by atoms with Crippen molar-refractivity contribution in [2.24, 2.45) is 0 Å². The zero-order chi connectivity index (χ0) is 23.1. The Morgan fingerprint density at radius 1 is 1.09 bits per heavy atom. The second kappa shape index (κ2) is 8.29. The molecule has 2 aliphatic heterocycles. The summed E-state index contributed by atoms with van der Waals surface area (Å²) in [5.41, 5.74) is 2.84. The van der Waals surface area contributed by atoms with E-state index in [1.165, 1.54) is 4.80 Å². The van der Waals surface area contributed by atoms with E-state index in [4.69, 9.17) is 14.0 Å². The SMILES string of the molecule is Cc1ccc(-n2nccn2)c(C(=O)N2CCCC2c2nc(-c3cccc4c3OCCO4)no2)c1. The molecule has 4 heterocycles. The molecule has 0 N–H and O–H groups in total. The zero-order valence-corrected chi connectivity index (χ0v) is 18.5. The minimum absolute atomic E-state index is 0.118. The molecule has 0 radical (unpaired) electrons. The van der Waals surface area contributed by atoms with Gasteiger partial charge in [-0.2, -0.15) is 20.0 Å². The minimum Gasteiger partial charge on any atom is -0.486 e. The van der Waals surface area contributed by atoms with E-state index in [1.54, 1.807) is 17.3 Å². The van der Waals surface area contributed by atoms with Crippen LogP contribution in [0.1, 0.15) is 40.7 Å². The molecule has 0 spiro atoms. The van der Waals surface area contributed by atoms with Crippen LogP contribution in [0.5, 0.6) is 11.5 Å². The number of fused-ring (bicyclic) bond motifs is 1. The van der Waals surface area contributed by atoms with Gasteiger partial charge in [0.1, 0.15) is 19.3 Å². The molecule has 10 heteroatoms. The van der Waals surface area contributed by atoms with Gasteiger partial charge in [0, 0.05) is 6.54 Å². The molecule has 1 saturated heterocycles. The fraction of sp³-hybridized carbons (Fsp3) is 0.292. The summed E-state index contributed by atoms with van der Waals surface area (Å²) in [6.45, 7) is 3.51. The first kappa shape index (κ1) is 20.4. The molecule has 0 bridgehead atoms. The first-order chi connectivity index (χ1) is 16.7. The number of likely N-dealkylation sites (tertiary alicyclic amines) is 1. The quantitative estimate of drug-likeness (QED) is 0.458. The number of carbonyl (C=O) groups excluding carboxylic acids is 1. The number of amides is 1. The summed E-state index contributed by atoms with van der Waals surface area (Å²) in [4.78, 5) is 21.6. The van der Waals surface area contributed by atoms with E-state index in [0.717, 1.165) is 18.4 Å². The highest BCUT2D eigenvalue weighted by Gasteiger charge is 2.36. The van der Waals surface area contributed by atoms with Gasteiger partial charge in [-0.1, -0.05) is 22.9 Å². The van der Waals surface area contributed by atoms with Crippen LogP contribution < -0.4 is 9.47 Å². The highest BCUT2D eigenvalue weighted by Crippen LogP contribution is 2.40. The third kappa shape index (κ3) is 3.47. The second-order valence-electron chi connectivity index (χ2n) is 8.28. The number of nitrogens with zero attached hydrogens (tertiary/aromatic N) is 6. The van der Waals surface area contributed by atoms with E-state index in [0.29, 0.717) is 59.8 Å². The van der Waals surface area contributed by atoms with Crippen molar-refractivity contribution in [3.63, 3.8) is 0 Å². The van der Waals surface area contributed by atoms with Crippen molar-refractivity contribution in [2.75, 3.05) is 19.8 Å². The molecule has 0 aliphatic carbocycles. The van der Waals surface area contributed by atoms with Gasteiger partial charge in [-0.05, 0) is 44.0 Å². The average Bonchev–Trinajstić information content (AvgIpc) is 3.64. The van der Waals surface area contributed by atoms with Gasteiger partial charge in [0.15, 0.2) is 11.5 Å². The molecule has 1 fully saturated rings. The molecule has 2 aromatic heterocycles. The standard InChI is InChI=1S/C24H22N6O4/c1-15-7-8-18(30-25-9-10-26-30)17(14-15)24(31)29-11-3-5-19(29)23-27-22(28-34-23)16-4-2-6-20-21(16)33-13-12-32-20/h2,4,6-10,14,19H,3,5,11-13H2,1H3. The molecule has 172 valence electrons. The Kier molecular flexibility index (Phi) is 4.97. The monoisotopic (exact) mass is 458 g/mol. The van der Waals surface area contributed by atoms with Gasteiger partial charge in [0.25, 0.3) is 5.91 Å². The maximum atomic E-state index is 13.7. The number of ether oxygens (including phenoxy) is 2. The Bertz CT molecular complexity index is 1350. The molecule has 34 heavy (non-hydrogen) atoms. The highest BCUT2D eigenvalue weighted by atomic mass is 16.6. The third-order valence-corrected chi connectivity index (χ3v) is 6.06. The van der Waals surface area contributed by atoms with Crippen molar-refractivity contribution < 1.29 is 18.8 Å². The van der Waals surface area contributed by atoms with Crippen LogP contribution >= 0.6 is 0 Å². The lowest BCUT2D eigenvalue weighted by atomic mass is 10.1. The van der Waals surface area contributed by atoms with Gasteiger partial charge in [0.05, 0.1) is 29.2 Å². The van der Waals surface area contributed by atoms with Crippen molar-refractivity contribution in [3.8, 4) is 28.6 Å². The number of hydrogen-bond acceptors (Lipinski definition) is 8. The van der Waals surface area contributed by atoms with Crippen LogP contribution in [-0.2, 0) is 0 Å². The molecular formula is C24H22N6O4. The lowest BCUT2D eigenvalue weighted by Gasteiger charge is -2.23. The second-order valence-corrected chi connectivity index (χ2v) is 8.28. The normalized spacial score (nSPS) is 17.2. The van der Waals surface area contributed by atoms with E-state index in [-0.39, 0.29) is 11.9 Å². The number of hydrogen-bond donors (Lipinski definition) is 0. The van der Waals surface area contributed by atoms with E-state index in [1.807, 2.05) is 43.3 Å². The molecule has 1 amide bonds. The Labute approximate surface area is 195 Å². The molecule has 2 aliphatic rings. The van der Waals surface area contributed by atoms with E-state index in [2.05, 4.69) is 20.3 Å². The largest absolute Gasteiger partial charge is 0.486 e. The fourth-order valence-electron chi connectivity index (χ4n) is 4.49. The third-order valence-electron chi connectivity index (χ3n) is 6.06. The molecule has 1 unspecified atom stereocenters. The Hall–Kier alpha value is -4.21. The molecule has 10 nitrogen and oxygen atoms in total. The predicted octanol–water partition coefficient (Wildman–Crippen LogP) is 3.37. The number of rotatable bonds is 4. The highest BCUT2D eigenvalue weighted by molar-refractivity contribution is 5.98. The summed E-state index contributed by atoms with van der Waals surface area (Å²) >= 11 is 0. The summed E-state index contributed by atoms with van der Waals surface area (Å²) in [6, 6.07) is 10.9. The summed E-state index contributed by atoms with van der Waals surface area (Å²) in [7, 11) is 0. The minimum atomic E-state index is -0.315. The lowest BCUT2D eigenvalue weighted by molar-refractivity contribution is 0.0709. The van der Waals surface area contributed by atoms with Gasteiger partial charge in [-0.25, -0.2) is 0 Å². The first-order valence-corrected chi connectivity index (χ1v) is 11.2. The average molecular weight is 458 g/mol. The van der Waals surface area contributed by atoms with Gasteiger partial charge < -0.3 is 18.9 Å². The summed E-state index contributed by atoms with van der Waals surface area (Å²) in [5.74, 6) is 1.96. The zero-order valence-electron chi connectivity index (χ0n) is 18.5. The van der Waals surface area contributed by atoms with E-state index in [9.17, 15) is 4.79 Å². The van der Waals surface area contributed by atoms with E-state index < -0.39 is 0 Å². The van der Waals surface area contributed by atoms with Crippen LogP contribution in [-0.4, -0.2) is 55.7 Å². The van der Waals surface area contributed by atoms with Crippen molar-refractivity contribution in [1.82, 2.24) is 30.0 Å². The number of para-hydroxylation sites is 1. The number of aryl methyl sites for hydroxylation is 1. The Morgan fingerprint density at radius 2 is 1.94 bits per heavy atom. The van der Waals surface area contributed by atoms with Crippen molar-refractivity contribution in [3.05, 3.63) is 65.8 Å². The van der Waals surface area contributed by atoms with Gasteiger partial charge in [-0.3, -0.25) is 4.79 Å². The topological polar surface area (TPSA) is 108 Å². The smallest absolute Gasteiger partial charge is 0.256 e. The Balaban J connectivity index is 1.32. The van der Waals surface area contributed by atoms with Gasteiger partial charge in [0.2, 0.25) is 11.7 Å². The van der Waals surface area contributed by atoms with Crippen LogP contribution in [0.15, 0.2) is 53.3 Å². The lowest BCUT2D eigenvalue weighted by Crippen LogP contribution is -2.31. The molecule has 1 atom stereocenters. The van der Waals surface area contributed by atoms with E-state index >= 15 is 0 Å². The summed E-state index contributed by atoms with van der Waals surface area (Å²) in [5, 5.41) is 12.6. The van der Waals surface area contributed by atoms with Crippen LogP contribution in [0.3, 0.4) is 0 Å². The van der Waals surface area contributed by atoms with Gasteiger partial charge >= 0.3 is 0 Å². The molecule has 2 aromatic carbocycles. The first-order valence-electron chi connectivity index (χ1n) is 11.2. The molecule has 0 saturated carbocycles. The maximum Gasteiger partial charge on any atom is 0.256 e. The number of benzene rings is 2. The number of aromatic nitrogens is 5. The molecule has 6 rings (SSSR count). The molecule has 4 aromatic rings. The van der Waals surface area contributed by atoms with Crippen LogP contribution in [0.25, 0.3) is 17.1 Å². The van der Waals surface area contributed by atoms with Crippen LogP contribution in [0.2, 0.25) is 0 Å². The fourth-order valence-corrected chi connectivity index (χ4v) is 4.49. The number of carbonyl (C=O) groups is 1. The maximum absolute atomic E-state index is 13.7. The van der Waals surface area contributed by atoms with Crippen molar-refractivity contribution in [2.45, 2.75) is 25.8 Å².